The average molecular weight is 492 g/mol. The van der Waals surface area contributed by atoms with E-state index in [2.05, 4.69) is 15.2 Å². The quantitative estimate of drug-likeness (QED) is 0.276. The van der Waals surface area contributed by atoms with E-state index in [1.54, 1.807) is 6.92 Å². The van der Waals surface area contributed by atoms with E-state index in [-0.39, 0.29) is 35.9 Å². The summed E-state index contributed by atoms with van der Waals surface area (Å²) in [6, 6.07) is 8.92. The second-order valence-electron chi connectivity index (χ2n) is 6.91. The number of benzene rings is 2. The SMILES string of the molecule is CCOC(=O)c1cnn(-c2cccc(NC(=O)c3ccc(OCC)c([N+](=O)[O-])c3)c2)c1C(F)(F)F. The minimum Gasteiger partial charge on any atom is -0.487 e. The summed E-state index contributed by atoms with van der Waals surface area (Å²) in [4.78, 5) is 35.2. The molecule has 0 saturated carbocycles. The minimum atomic E-state index is -4.93. The molecule has 0 aliphatic heterocycles. The number of aromatic nitrogens is 2. The predicted molar refractivity (Wildman–Crippen MR) is 117 cm³/mol. The number of anilines is 1. The minimum absolute atomic E-state index is 0.00758. The molecular weight excluding hydrogens is 473 g/mol. The number of carbonyl (C=O) groups excluding carboxylic acids is 2. The molecule has 2 aromatic carbocycles. The van der Waals surface area contributed by atoms with Gasteiger partial charge in [0.25, 0.3) is 5.91 Å². The zero-order valence-electron chi connectivity index (χ0n) is 18.5. The van der Waals surface area contributed by atoms with E-state index in [1.807, 2.05) is 0 Å². The van der Waals surface area contributed by atoms with Crippen molar-refractivity contribution in [3.8, 4) is 11.4 Å². The van der Waals surface area contributed by atoms with Gasteiger partial charge < -0.3 is 14.8 Å². The summed E-state index contributed by atoms with van der Waals surface area (Å²) in [6.45, 7) is 3.18. The highest BCUT2D eigenvalue weighted by Gasteiger charge is 2.41. The molecular formula is C22H19F3N4O6. The van der Waals surface area contributed by atoms with Crippen molar-refractivity contribution >= 4 is 23.3 Å². The van der Waals surface area contributed by atoms with Crippen molar-refractivity contribution < 1.29 is 37.2 Å². The van der Waals surface area contributed by atoms with Crippen LogP contribution in [0.5, 0.6) is 5.75 Å². The van der Waals surface area contributed by atoms with Gasteiger partial charge >= 0.3 is 17.8 Å². The molecule has 0 fully saturated rings. The first-order chi connectivity index (χ1) is 16.6. The third-order valence-corrected chi connectivity index (χ3v) is 4.60. The van der Waals surface area contributed by atoms with E-state index < -0.39 is 39.9 Å². The number of nitro groups is 1. The van der Waals surface area contributed by atoms with Crippen LogP contribution in [0, 0.1) is 10.1 Å². The molecule has 0 spiro atoms. The first-order valence-electron chi connectivity index (χ1n) is 10.2. The van der Waals surface area contributed by atoms with E-state index in [9.17, 15) is 32.9 Å². The standard InChI is InChI=1S/C22H19F3N4O6/c1-3-34-18-9-8-13(10-17(18)29(32)33)20(30)27-14-6-5-7-15(11-14)28-19(22(23,24)25)16(12-26-28)21(31)35-4-2/h5-12H,3-4H2,1-2H3,(H,27,30). The molecule has 0 radical (unpaired) electrons. The summed E-state index contributed by atoms with van der Waals surface area (Å²) in [5, 5.41) is 17.5. The van der Waals surface area contributed by atoms with Crippen LogP contribution in [0.3, 0.4) is 0 Å². The first-order valence-corrected chi connectivity index (χ1v) is 10.2. The van der Waals surface area contributed by atoms with Crippen LogP contribution in [-0.2, 0) is 10.9 Å². The van der Waals surface area contributed by atoms with Gasteiger partial charge in [0, 0.05) is 17.3 Å². The summed E-state index contributed by atoms with van der Waals surface area (Å²) < 4.78 is 51.6. The van der Waals surface area contributed by atoms with Crippen molar-refractivity contribution in [2.75, 3.05) is 18.5 Å². The fraction of sp³-hybridized carbons (Fsp3) is 0.227. The van der Waals surface area contributed by atoms with Gasteiger partial charge in [-0.3, -0.25) is 14.9 Å². The monoisotopic (exact) mass is 492 g/mol. The van der Waals surface area contributed by atoms with Crippen LogP contribution in [0.15, 0.2) is 48.7 Å². The van der Waals surface area contributed by atoms with Crippen LogP contribution in [0.2, 0.25) is 0 Å². The number of amides is 1. The number of nitrogens with one attached hydrogen (secondary N) is 1. The van der Waals surface area contributed by atoms with Gasteiger partial charge in [0.1, 0.15) is 5.56 Å². The molecule has 1 heterocycles. The van der Waals surface area contributed by atoms with Crippen LogP contribution in [0.25, 0.3) is 5.69 Å². The number of halogens is 3. The third-order valence-electron chi connectivity index (χ3n) is 4.60. The van der Waals surface area contributed by atoms with Crippen molar-refractivity contribution in [3.63, 3.8) is 0 Å². The van der Waals surface area contributed by atoms with Crippen LogP contribution in [0.4, 0.5) is 24.5 Å². The lowest BCUT2D eigenvalue weighted by molar-refractivity contribution is -0.385. The van der Waals surface area contributed by atoms with Crippen molar-refractivity contribution in [2.24, 2.45) is 0 Å². The molecule has 3 rings (SSSR count). The number of carbonyl (C=O) groups is 2. The van der Waals surface area contributed by atoms with Crippen LogP contribution >= 0.6 is 0 Å². The van der Waals surface area contributed by atoms with Gasteiger partial charge in [0.05, 0.1) is 30.0 Å². The Labute approximate surface area is 196 Å². The molecule has 0 bridgehead atoms. The summed E-state index contributed by atoms with van der Waals surface area (Å²) in [5.41, 5.74) is -2.57. The highest BCUT2D eigenvalue weighted by Crippen LogP contribution is 2.34. The summed E-state index contributed by atoms with van der Waals surface area (Å²) in [6.07, 6.45) is -4.18. The lowest BCUT2D eigenvalue weighted by Gasteiger charge is -2.13. The van der Waals surface area contributed by atoms with E-state index in [4.69, 9.17) is 4.74 Å². The summed E-state index contributed by atoms with van der Waals surface area (Å²) in [7, 11) is 0. The molecule has 184 valence electrons. The zero-order valence-corrected chi connectivity index (χ0v) is 18.5. The maximum atomic E-state index is 13.7. The van der Waals surface area contributed by atoms with E-state index in [0.29, 0.717) is 4.68 Å². The van der Waals surface area contributed by atoms with Gasteiger partial charge in [-0.2, -0.15) is 18.3 Å². The second-order valence-corrected chi connectivity index (χ2v) is 6.91. The lowest BCUT2D eigenvalue weighted by Crippen LogP contribution is -2.18. The zero-order chi connectivity index (χ0) is 25.8. The van der Waals surface area contributed by atoms with Gasteiger partial charge in [0.2, 0.25) is 0 Å². The van der Waals surface area contributed by atoms with E-state index in [0.717, 1.165) is 12.3 Å². The van der Waals surface area contributed by atoms with Crippen LogP contribution in [-0.4, -0.2) is 39.8 Å². The Morgan fingerprint density at radius 1 is 1.14 bits per heavy atom. The summed E-state index contributed by atoms with van der Waals surface area (Å²) in [5.74, 6) is -1.92. The third kappa shape index (κ3) is 5.57. The van der Waals surface area contributed by atoms with E-state index in [1.165, 1.54) is 43.3 Å². The van der Waals surface area contributed by atoms with Gasteiger partial charge in [-0.1, -0.05) is 6.07 Å². The maximum Gasteiger partial charge on any atom is 0.434 e. The normalized spacial score (nSPS) is 11.1. The molecule has 0 unspecified atom stereocenters. The largest absolute Gasteiger partial charge is 0.487 e. The Morgan fingerprint density at radius 2 is 1.89 bits per heavy atom. The Morgan fingerprint density at radius 3 is 2.51 bits per heavy atom. The van der Waals surface area contributed by atoms with Gasteiger partial charge in [-0.15, -0.1) is 0 Å². The number of ether oxygens (including phenoxy) is 2. The molecule has 1 aromatic heterocycles. The average Bonchev–Trinajstić information content (AvgIpc) is 3.26. The molecule has 0 aliphatic rings. The molecule has 0 saturated heterocycles. The fourth-order valence-electron chi connectivity index (χ4n) is 3.17. The van der Waals surface area contributed by atoms with Crippen LogP contribution in [0.1, 0.15) is 40.3 Å². The Kier molecular flexibility index (Phi) is 7.37. The Balaban J connectivity index is 1.94. The molecule has 0 atom stereocenters. The van der Waals surface area contributed by atoms with Gasteiger partial charge in [-0.25, -0.2) is 9.48 Å². The topological polar surface area (TPSA) is 126 Å². The molecule has 1 N–H and O–H groups in total. The van der Waals surface area contributed by atoms with Gasteiger partial charge in [0.15, 0.2) is 11.4 Å². The number of rotatable bonds is 8. The number of nitro benzene ring substituents is 1. The molecule has 10 nitrogen and oxygen atoms in total. The molecule has 3 aromatic rings. The number of hydrogen-bond donors (Lipinski definition) is 1. The van der Waals surface area contributed by atoms with Crippen molar-refractivity contribution in [3.05, 3.63) is 75.6 Å². The van der Waals surface area contributed by atoms with Crippen molar-refractivity contribution in [1.82, 2.24) is 9.78 Å². The Bertz CT molecular complexity index is 1270. The Hall–Kier alpha value is -4.42. The number of hydrogen-bond acceptors (Lipinski definition) is 7. The first kappa shape index (κ1) is 25.2. The second kappa shape index (κ2) is 10.2. The highest BCUT2D eigenvalue weighted by atomic mass is 19.4. The molecule has 1 amide bonds. The number of esters is 1. The molecule has 13 heteroatoms. The number of alkyl halides is 3. The van der Waals surface area contributed by atoms with E-state index >= 15 is 0 Å². The summed E-state index contributed by atoms with van der Waals surface area (Å²) >= 11 is 0. The number of nitrogens with zero attached hydrogens (tertiary/aromatic N) is 3. The smallest absolute Gasteiger partial charge is 0.434 e. The molecule has 0 aliphatic carbocycles. The van der Waals surface area contributed by atoms with Gasteiger partial charge in [-0.05, 0) is 44.2 Å². The fourth-order valence-corrected chi connectivity index (χ4v) is 3.17. The maximum absolute atomic E-state index is 13.7. The molecule has 35 heavy (non-hydrogen) atoms. The van der Waals surface area contributed by atoms with Crippen molar-refractivity contribution in [1.29, 1.82) is 0 Å². The van der Waals surface area contributed by atoms with Crippen LogP contribution < -0.4 is 10.1 Å². The van der Waals surface area contributed by atoms with Crippen molar-refractivity contribution in [2.45, 2.75) is 20.0 Å². The highest BCUT2D eigenvalue weighted by molar-refractivity contribution is 6.05. The predicted octanol–water partition coefficient (Wildman–Crippen LogP) is 4.63. The lowest BCUT2D eigenvalue weighted by atomic mass is 10.1.